The molecule has 1 N–H and O–H groups in total. The first-order chi connectivity index (χ1) is 17.6. The van der Waals surface area contributed by atoms with Crippen molar-refractivity contribution in [3.05, 3.63) is 87.7 Å². The SMILES string of the molecule is COc1ccnc(C(=O)N[C@@H](C)C(=O)O[C@@H](C)C(c2cccc(Cl)c2)c2cccc(Cl)c2)c1OC(C)=O. The molecular formula is C27H26Cl2N2O6. The average Bonchev–Trinajstić information content (AvgIpc) is 2.84. The molecular weight excluding hydrogens is 519 g/mol. The molecule has 0 spiro atoms. The predicted molar refractivity (Wildman–Crippen MR) is 139 cm³/mol. The van der Waals surface area contributed by atoms with Crippen molar-refractivity contribution in [2.45, 2.75) is 38.8 Å². The maximum Gasteiger partial charge on any atom is 0.328 e. The second-order valence-electron chi connectivity index (χ2n) is 8.21. The fourth-order valence-electron chi connectivity index (χ4n) is 3.81. The summed E-state index contributed by atoms with van der Waals surface area (Å²) in [6.07, 6.45) is 0.683. The van der Waals surface area contributed by atoms with E-state index in [0.717, 1.165) is 11.1 Å². The van der Waals surface area contributed by atoms with Gasteiger partial charge in [-0.3, -0.25) is 9.59 Å². The highest BCUT2D eigenvalue weighted by Gasteiger charge is 2.29. The number of hydrogen-bond donors (Lipinski definition) is 1. The number of rotatable bonds is 9. The molecule has 194 valence electrons. The van der Waals surface area contributed by atoms with Gasteiger partial charge in [-0.25, -0.2) is 9.78 Å². The second kappa shape index (κ2) is 12.6. The monoisotopic (exact) mass is 544 g/mol. The lowest BCUT2D eigenvalue weighted by molar-refractivity contribution is -0.150. The molecule has 0 radical (unpaired) electrons. The van der Waals surface area contributed by atoms with Gasteiger partial charge in [0.05, 0.1) is 7.11 Å². The van der Waals surface area contributed by atoms with Crippen LogP contribution in [0, 0.1) is 0 Å². The summed E-state index contributed by atoms with van der Waals surface area (Å²) < 4.78 is 16.0. The third kappa shape index (κ3) is 7.21. The van der Waals surface area contributed by atoms with Crippen LogP contribution in [0.2, 0.25) is 10.0 Å². The van der Waals surface area contributed by atoms with Gasteiger partial charge in [0.2, 0.25) is 5.75 Å². The maximum absolute atomic E-state index is 13.0. The van der Waals surface area contributed by atoms with E-state index in [-0.39, 0.29) is 23.1 Å². The third-order valence-electron chi connectivity index (χ3n) is 5.44. The molecule has 2 aromatic carbocycles. The minimum absolute atomic E-state index is 0.144. The third-order valence-corrected chi connectivity index (χ3v) is 5.91. The summed E-state index contributed by atoms with van der Waals surface area (Å²) in [5.41, 5.74) is 1.45. The zero-order chi connectivity index (χ0) is 27.1. The fourth-order valence-corrected chi connectivity index (χ4v) is 4.20. The zero-order valence-corrected chi connectivity index (χ0v) is 22.2. The number of ether oxygens (including phenoxy) is 3. The molecule has 1 amide bonds. The lowest BCUT2D eigenvalue weighted by Crippen LogP contribution is -2.41. The number of halogens is 2. The van der Waals surface area contributed by atoms with Crippen LogP contribution in [-0.4, -0.2) is 42.1 Å². The first kappa shape index (κ1) is 28.0. The molecule has 1 aromatic heterocycles. The average molecular weight is 545 g/mol. The Balaban J connectivity index is 1.80. The Labute approximate surface area is 224 Å². The quantitative estimate of drug-likeness (QED) is 0.369. The van der Waals surface area contributed by atoms with Crippen molar-refractivity contribution in [2.24, 2.45) is 0 Å². The number of pyridine rings is 1. The smallest absolute Gasteiger partial charge is 0.328 e. The van der Waals surface area contributed by atoms with E-state index in [1.54, 1.807) is 31.2 Å². The zero-order valence-electron chi connectivity index (χ0n) is 20.7. The van der Waals surface area contributed by atoms with E-state index in [1.807, 2.05) is 24.3 Å². The number of aromatic nitrogens is 1. The Kier molecular flexibility index (Phi) is 9.49. The first-order valence-electron chi connectivity index (χ1n) is 11.3. The number of amides is 1. The molecule has 0 fully saturated rings. The molecule has 0 aliphatic rings. The maximum atomic E-state index is 13.0. The van der Waals surface area contributed by atoms with Crippen LogP contribution in [0.4, 0.5) is 0 Å². The highest BCUT2D eigenvalue weighted by molar-refractivity contribution is 6.31. The van der Waals surface area contributed by atoms with E-state index >= 15 is 0 Å². The number of hydrogen-bond acceptors (Lipinski definition) is 7. The van der Waals surface area contributed by atoms with Crippen LogP contribution in [0.1, 0.15) is 48.3 Å². The van der Waals surface area contributed by atoms with Crippen molar-refractivity contribution in [1.82, 2.24) is 10.3 Å². The van der Waals surface area contributed by atoms with Crippen molar-refractivity contribution in [2.75, 3.05) is 7.11 Å². The predicted octanol–water partition coefficient (Wildman–Crippen LogP) is 5.20. The van der Waals surface area contributed by atoms with Gasteiger partial charge in [-0.1, -0.05) is 47.5 Å². The van der Waals surface area contributed by atoms with Crippen LogP contribution in [0.25, 0.3) is 0 Å². The Hall–Kier alpha value is -3.62. The number of nitrogens with zero attached hydrogens (tertiary/aromatic N) is 1. The molecule has 0 aliphatic heterocycles. The molecule has 0 unspecified atom stereocenters. The topological polar surface area (TPSA) is 104 Å². The van der Waals surface area contributed by atoms with Gasteiger partial charge in [0.15, 0.2) is 11.4 Å². The Morgan fingerprint density at radius 1 is 0.946 bits per heavy atom. The number of carbonyl (C=O) groups excluding carboxylic acids is 3. The van der Waals surface area contributed by atoms with E-state index in [0.29, 0.717) is 10.0 Å². The molecule has 0 saturated carbocycles. The van der Waals surface area contributed by atoms with Crippen molar-refractivity contribution in [3.63, 3.8) is 0 Å². The lowest BCUT2D eigenvalue weighted by atomic mass is 9.87. The fraction of sp³-hybridized carbons (Fsp3) is 0.259. The molecule has 8 nitrogen and oxygen atoms in total. The highest BCUT2D eigenvalue weighted by Crippen LogP contribution is 2.33. The van der Waals surface area contributed by atoms with E-state index in [9.17, 15) is 14.4 Å². The van der Waals surface area contributed by atoms with Crippen LogP contribution in [0.5, 0.6) is 11.5 Å². The molecule has 3 aromatic rings. The summed E-state index contributed by atoms with van der Waals surface area (Å²) in [6.45, 7) is 4.42. The van der Waals surface area contributed by atoms with Crippen LogP contribution < -0.4 is 14.8 Å². The molecule has 3 rings (SSSR count). The van der Waals surface area contributed by atoms with Crippen LogP contribution in [0.3, 0.4) is 0 Å². The van der Waals surface area contributed by atoms with Crippen molar-refractivity contribution >= 4 is 41.0 Å². The van der Waals surface area contributed by atoms with Gasteiger partial charge in [-0.15, -0.1) is 0 Å². The summed E-state index contributed by atoms with van der Waals surface area (Å²) in [7, 11) is 1.36. The van der Waals surface area contributed by atoms with E-state index in [4.69, 9.17) is 37.4 Å². The lowest BCUT2D eigenvalue weighted by Gasteiger charge is -2.27. The van der Waals surface area contributed by atoms with Crippen molar-refractivity contribution in [3.8, 4) is 11.5 Å². The standard InChI is InChI=1S/C27H26Cl2N2O6/c1-15(31-26(33)24-25(37-17(3)32)22(35-4)11-12-30-24)27(34)36-16(2)23(18-7-5-9-20(28)13-18)19-8-6-10-21(29)14-19/h5-16,23H,1-4H3,(H,31,33)/t15-,16-/m0/s1. The van der Waals surface area contributed by atoms with Gasteiger partial charge < -0.3 is 19.5 Å². The largest absolute Gasteiger partial charge is 0.493 e. The number of methoxy groups -OCH3 is 1. The van der Waals surface area contributed by atoms with Crippen molar-refractivity contribution in [1.29, 1.82) is 0 Å². The van der Waals surface area contributed by atoms with E-state index in [1.165, 1.54) is 33.2 Å². The highest BCUT2D eigenvalue weighted by atomic mass is 35.5. The van der Waals surface area contributed by atoms with Gasteiger partial charge in [-0.2, -0.15) is 0 Å². The van der Waals surface area contributed by atoms with Gasteiger partial charge in [0, 0.05) is 35.2 Å². The van der Waals surface area contributed by atoms with Crippen LogP contribution in [0.15, 0.2) is 60.8 Å². The Bertz CT molecular complexity index is 1250. The van der Waals surface area contributed by atoms with E-state index in [2.05, 4.69) is 10.3 Å². The van der Waals surface area contributed by atoms with Crippen LogP contribution in [-0.2, 0) is 14.3 Å². The summed E-state index contributed by atoms with van der Waals surface area (Å²) in [5, 5.41) is 3.62. The van der Waals surface area contributed by atoms with Gasteiger partial charge >= 0.3 is 11.9 Å². The molecule has 10 heteroatoms. The van der Waals surface area contributed by atoms with Gasteiger partial charge in [0.1, 0.15) is 12.1 Å². The van der Waals surface area contributed by atoms with Crippen LogP contribution >= 0.6 is 23.2 Å². The summed E-state index contributed by atoms with van der Waals surface area (Å²) in [6, 6.07) is 14.9. The Morgan fingerprint density at radius 3 is 2.05 bits per heavy atom. The minimum atomic E-state index is -1.05. The summed E-state index contributed by atoms with van der Waals surface area (Å²) in [5.74, 6) is -2.45. The number of benzene rings is 2. The molecule has 2 atom stereocenters. The molecule has 0 aliphatic carbocycles. The molecule has 0 bridgehead atoms. The number of esters is 2. The summed E-state index contributed by atoms with van der Waals surface area (Å²) >= 11 is 12.4. The minimum Gasteiger partial charge on any atom is -0.493 e. The van der Waals surface area contributed by atoms with Crippen molar-refractivity contribution < 1.29 is 28.6 Å². The molecule has 37 heavy (non-hydrogen) atoms. The van der Waals surface area contributed by atoms with Gasteiger partial charge in [0.25, 0.3) is 5.91 Å². The van der Waals surface area contributed by atoms with E-state index < -0.39 is 30.0 Å². The number of carbonyl (C=O) groups is 3. The summed E-state index contributed by atoms with van der Waals surface area (Å²) in [4.78, 5) is 41.4. The molecule has 0 saturated heterocycles. The normalized spacial score (nSPS) is 12.4. The second-order valence-corrected chi connectivity index (χ2v) is 9.08. The Morgan fingerprint density at radius 2 is 1.54 bits per heavy atom. The molecule has 1 heterocycles. The first-order valence-corrected chi connectivity index (χ1v) is 12.1. The number of nitrogens with one attached hydrogen (secondary N) is 1. The van der Waals surface area contributed by atoms with Gasteiger partial charge in [-0.05, 0) is 49.2 Å².